The minimum absolute atomic E-state index is 0.216. The summed E-state index contributed by atoms with van der Waals surface area (Å²) in [7, 11) is 0. The molecular formula is C15H17BrN2O. The lowest BCUT2D eigenvalue weighted by Crippen LogP contribution is -2.16. The molecule has 0 saturated heterocycles. The van der Waals surface area contributed by atoms with Gasteiger partial charge in [-0.1, -0.05) is 15.9 Å². The average Bonchev–Trinajstić information content (AvgIpc) is 3.18. The van der Waals surface area contributed by atoms with Gasteiger partial charge in [0.1, 0.15) is 5.71 Å². The second-order valence-corrected chi connectivity index (χ2v) is 6.55. The lowest BCUT2D eigenvalue weighted by Gasteiger charge is -2.10. The van der Waals surface area contributed by atoms with Crippen molar-refractivity contribution in [3.63, 3.8) is 0 Å². The van der Waals surface area contributed by atoms with Gasteiger partial charge >= 0.3 is 0 Å². The SMILES string of the molecule is O=C1CCCC2(CC2)CC1=NNc1ccc(Br)cc1. The molecule has 2 saturated carbocycles. The summed E-state index contributed by atoms with van der Waals surface area (Å²) in [4.78, 5) is 12.0. The van der Waals surface area contributed by atoms with Crippen molar-refractivity contribution >= 4 is 33.1 Å². The maximum absolute atomic E-state index is 12.0. The number of nitrogens with zero attached hydrogens (tertiary/aromatic N) is 1. The molecule has 1 spiro atoms. The summed E-state index contributed by atoms with van der Waals surface area (Å²) in [5, 5.41) is 4.36. The topological polar surface area (TPSA) is 41.5 Å². The normalized spacial score (nSPS) is 23.4. The molecule has 0 bridgehead atoms. The third-order valence-electron chi connectivity index (χ3n) is 4.10. The van der Waals surface area contributed by atoms with Crippen LogP contribution in [0, 0.1) is 5.41 Å². The van der Waals surface area contributed by atoms with Gasteiger partial charge in [0.2, 0.25) is 0 Å². The van der Waals surface area contributed by atoms with E-state index >= 15 is 0 Å². The van der Waals surface area contributed by atoms with Crippen molar-refractivity contribution in [2.75, 3.05) is 5.43 Å². The first kappa shape index (κ1) is 12.9. The number of hydrazone groups is 1. The highest BCUT2D eigenvalue weighted by molar-refractivity contribution is 9.10. The highest BCUT2D eigenvalue weighted by Gasteiger charge is 2.45. The van der Waals surface area contributed by atoms with E-state index < -0.39 is 0 Å². The van der Waals surface area contributed by atoms with Crippen LogP contribution in [0.25, 0.3) is 0 Å². The number of rotatable bonds is 2. The lowest BCUT2D eigenvalue weighted by molar-refractivity contribution is -0.113. The molecule has 1 N–H and O–H groups in total. The molecule has 0 aliphatic heterocycles. The number of benzene rings is 1. The van der Waals surface area contributed by atoms with E-state index in [1.54, 1.807) is 0 Å². The fraction of sp³-hybridized carbons (Fsp3) is 0.467. The van der Waals surface area contributed by atoms with Gasteiger partial charge in [-0.25, -0.2) is 0 Å². The molecule has 100 valence electrons. The Bertz CT molecular complexity index is 517. The van der Waals surface area contributed by atoms with Gasteiger partial charge in [-0.2, -0.15) is 5.10 Å². The molecule has 0 aromatic heterocycles. The zero-order valence-corrected chi connectivity index (χ0v) is 12.4. The van der Waals surface area contributed by atoms with E-state index in [2.05, 4.69) is 26.5 Å². The smallest absolute Gasteiger partial charge is 0.178 e. The van der Waals surface area contributed by atoms with Crippen LogP contribution in [0.5, 0.6) is 0 Å². The second kappa shape index (κ2) is 5.08. The maximum Gasteiger partial charge on any atom is 0.178 e. The minimum atomic E-state index is 0.216. The number of nitrogens with one attached hydrogen (secondary N) is 1. The first-order chi connectivity index (χ1) is 9.17. The molecule has 0 unspecified atom stereocenters. The van der Waals surface area contributed by atoms with Crippen LogP contribution in [0.2, 0.25) is 0 Å². The van der Waals surface area contributed by atoms with Crippen molar-refractivity contribution in [3.05, 3.63) is 28.7 Å². The second-order valence-electron chi connectivity index (χ2n) is 5.63. The fourth-order valence-corrected chi connectivity index (χ4v) is 2.94. The van der Waals surface area contributed by atoms with Crippen LogP contribution in [0.15, 0.2) is 33.8 Å². The average molecular weight is 321 g/mol. The molecule has 2 fully saturated rings. The van der Waals surface area contributed by atoms with Gasteiger partial charge in [-0.3, -0.25) is 10.2 Å². The number of hydrogen-bond donors (Lipinski definition) is 1. The molecule has 2 aliphatic carbocycles. The van der Waals surface area contributed by atoms with Crippen molar-refractivity contribution in [2.45, 2.75) is 38.5 Å². The molecule has 1 aromatic rings. The number of carbonyl (C=O) groups is 1. The van der Waals surface area contributed by atoms with Crippen molar-refractivity contribution in [1.82, 2.24) is 0 Å². The lowest BCUT2D eigenvalue weighted by atomic mass is 9.96. The molecule has 4 heteroatoms. The van der Waals surface area contributed by atoms with E-state index in [1.165, 1.54) is 19.3 Å². The molecule has 0 heterocycles. The fourth-order valence-electron chi connectivity index (χ4n) is 2.67. The Morgan fingerprint density at radius 2 is 1.89 bits per heavy atom. The number of hydrogen-bond acceptors (Lipinski definition) is 3. The van der Waals surface area contributed by atoms with E-state index in [4.69, 9.17) is 0 Å². The summed E-state index contributed by atoms with van der Waals surface area (Å²) in [5.41, 5.74) is 5.07. The van der Waals surface area contributed by atoms with Crippen LogP contribution in [0.4, 0.5) is 5.69 Å². The zero-order chi connectivity index (χ0) is 13.3. The number of halogens is 1. The van der Waals surface area contributed by atoms with Gasteiger partial charge in [0.05, 0.1) is 5.69 Å². The van der Waals surface area contributed by atoms with E-state index in [0.717, 1.165) is 28.7 Å². The van der Waals surface area contributed by atoms with Crippen molar-refractivity contribution in [3.8, 4) is 0 Å². The van der Waals surface area contributed by atoms with Gasteiger partial charge in [0.15, 0.2) is 5.78 Å². The highest BCUT2D eigenvalue weighted by atomic mass is 79.9. The summed E-state index contributed by atoms with van der Waals surface area (Å²) in [6.07, 6.45) is 6.25. The van der Waals surface area contributed by atoms with Crippen LogP contribution >= 0.6 is 15.9 Å². The Kier molecular flexibility index (Phi) is 3.44. The number of Topliss-reactive ketones (excluding diaryl/α,β-unsaturated/α-hetero) is 1. The Morgan fingerprint density at radius 3 is 2.58 bits per heavy atom. The predicted molar refractivity (Wildman–Crippen MR) is 80.3 cm³/mol. The molecule has 3 nitrogen and oxygen atoms in total. The quantitative estimate of drug-likeness (QED) is 0.832. The van der Waals surface area contributed by atoms with Crippen molar-refractivity contribution in [2.24, 2.45) is 10.5 Å². The summed E-state index contributed by atoms with van der Waals surface area (Å²) < 4.78 is 1.04. The largest absolute Gasteiger partial charge is 0.293 e. The minimum Gasteiger partial charge on any atom is -0.293 e. The Labute approximate surface area is 121 Å². The first-order valence-corrected chi connectivity index (χ1v) is 7.58. The Morgan fingerprint density at radius 1 is 1.16 bits per heavy atom. The molecule has 0 atom stereocenters. The number of anilines is 1. The van der Waals surface area contributed by atoms with Crippen LogP contribution in [0.3, 0.4) is 0 Å². The van der Waals surface area contributed by atoms with Gasteiger partial charge < -0.3 is 0 Å². The van der Waals surface area contributed by atoms with E-state index in [9.17, 15) is 4.79 Å². The molecule has 2 aliphatic rings. The highest BCUT2D eigenvalue weighted by Crippen LogP contribution is 2.54. The van der Waals surface area contributed by atoms with E-state index in [0.29, 0.717) is 11.8 Å². The number of carbonyl (C=O) groups excluding carboxylic acids is 1. The van der Waals surface area contributed by atoms with Gasteiger partial charge in [-0.15, -0.1) is 0 Å². The standard InChI is InChI=1S/C15H17BrN2O/c16-11-3-5-12(6-4-11)17-18-13-10-15(8-9-15)7-1-2-14(13)19/h3-6,17H,1-2,7-10H2. The Balaban J connectivity index is 1.73. The molecule has 0 amide bonds. The van der Waals surface area contributed by atoms with Crippen molar-refractivity contribution < 1.29 is 4.79 Å². The summed E-state index contributed by atoms with van der Waals surface area (Å²) >= 11 is 3.40. The number of ketones is 1. The van der Waals surface area contributed by atoms with Crippen molar-refractivity contribution in [1.29, 1.82) is 0 Å². The Hall–Kier alpha value is -1.16. The molecule has 3 rings (SSSR count). The maximum atomic E-state index is 12.0. The molecule has 0 radical (unpaired) electrons. The van der Waals surface area contributed by atoms with Crippen LogP contribution in [-0.2, 0) is 4.79 Å². The predicted octanol–water partition coefficient (Wildman–Crippen LogP) is 4.14. The third kappa shape index (κ3) is 3.06. The summed E-state index contributed by atoms with van der Waals surface area (Å²) in [6, 6.07) is 7.81. The molecule has 1 aromatic carbocycles. The zero-order valence-electron chi connectivity index (χ0n) is 10.8. The van der Waals surface area contributed by atoms with Crippen LogP contribution in [-0.4, -0.2) is 11.5 Å². The van der Waals surface area contributed by atoms with Gasteiger partial charge in [0.25, 0.3) is 0 Å². The summed E-state index contributed by atoms with van der Waals surface area (Å²) in [5.74, 6) is 0.216. The summed E-state index contributed by atoms with van der Waals surface area (Å²) in [6.45, 7) is 0. The van der Waals surface area contributed by atoms with Crippen LogP contribution in [0.1, 0.15) is 38.5 Å². The van der Waals surface area contributed by atoms with Gasteiger partial charge in [0, 0.05) is 17.3 Å². The van der Waals surface area contributed by atoms with E-state index in [-0.39, 0.29) is 5.78 Å². The third-order valence-corrected chi connectivity index (χ3v) is 4.63. The molecule has 19 heavy (non-hydrogen) atoms. The van der Waals surface area contributed by atoms with Crippen LogP contribution < -0.4 is 5.43 Å². The molecular weight excluding hydrogens is 304 g/mol. The van der Waals surface area contributed by atoms with Gasteiger partial charge in [-0.05, 0) is 55.4 Å². The van der Waals surface area contributed by atoms with E-state index in [1.807, 2.05) is 24.3 Å². The first-order valence-electron chi connectivity index (χ1n) is 6.78. The monoisotopic (exact) mass is 320 g/mol.